The standard InChI is InChI=1S/C14H18N2OS/c1-9-4-5-11(6-14(9)17-3)13(15)7-12-8-18-10(2)16-12/h4-6,8,13H,7,15H2,1-3H3. The number of rotatable bonds is 4. The lowest BCUT2D eigenvalue weighted by atomic mass is 10.0. The lowest BCUT2D eigenvalue weighted by Crippen LogP contribution is -2.13. The Kier molecular flexibility index (Phi) is 3.99. The molecule has 2 rings (SSSR count). The largest absolute Gasteiger partial charge is 0.496 e. The molecule has 0 saturated carbocycles. The van der Waals surface area contributed by atoms with Gasteiger partial charge in [-0.05, 0) is 31.0 Å². The zero-order valence-electron chi connectivity index (χ0n) is 10.9. The van der Waals surface area contributed by atoms with Gasteiger partial charge in [-0.25, -0.2) is 4.98 Å². The molecule has 0 aliphatic heterocycles. The lowest BCUT2D eigenvalue weighted by molar-refractivity contribution is 0.410. The van der Waals surface area contributed by atoms with Crippen molar-refractivity contribution in [3.63, 3.8) is 0 Å². The third-order valence-corrected chi connectivity index (χ3v) is 3.78. The van der Waals surface area contributed by atoms with Crippen LogP contribution in [0, 0.1) is 13.8 Å². The highest BCUT2D eigenvalue weighted by Gasteiger charge is 2.11. The van der Waals surface area contributed by atoms with E-state index in [2.05, 4.69) is 16.4 Å². The quantitative estimate of drug-likeness (QED) is 0.921. The Morgan fingerprint density at radius 2 is 2.17 bits per heavy atom. The van der Waals surface area contributed by atoms with Crippen LogP contribution < -0.4 is 10.5 Å². The predicted molar refractivity (Wildman–Crippen MR) is 75.2 cm³/mol. The fraction of sp³-hybridized carbons (Fsp3) is 0.357. The van der Waals surface area contributed by atoms with Gasteiger partial charge in [0.25, 0.3) is 0 Å². The first kappa shape index (κ1) is 13.1. The Bertz CT molecular complexity index is 536. The molecule has 4 heteroatoms. The molecular formula is C14H18N2OS. The first-order valence-corrected chi connectivity index (χ1v) is 6.79. The number of nitrogens with zero attached hydrogens (tertiary/aromatic N) is 1. The zero-order chi connectivity index (χ0) is 13.1. The van der Waals surface area contributed by atoms with Crippen LogP contribution in [0.25, 0.3) is 0 Å². The first-order chi connectivity index (χ1) is 8.60. The molecule has 2 N–H and O–H groups in total. The fourth-order valence-corrected chi connectivity index (χ4v) is 2.54. The van der Waals surface area contributed by atoms with Crippen molar-refractivity contribution in [2.24, 2.45) is 5.73 Å². The van der Waals surface area contributed by atoms with Crippen LogP contribution >= 0.6 is 11.3 Å². The number of methoxy groups -OCH3 is 1. The Morgan fingerprint density at radius 3 is 2.78 bits per heavy atom. The van der Waals surface area contributed by atoms with Crippen molar-refractivity contribution >= 4 is 11.3 Å². The van der Waals surface area contributed by atoms with E-state index in [1.807, 2.05) is 26.0 Å². The molecular weight excluding hydrogens is 244 g/mol. The van der Waals surface area contributed by atoms with Gasteiger partial charge >= 0.3 is 0 Å². The summed E-state index contributed by atoms with van der Waals surface area (Å²) in [5.74, 6) is 0.886. The minimum atomic E-state index is -0.0407. The molecule has 2 aromatic rings. The molecule has 3 nitrogen and oxygen atoms in total. The number of ether oxygens (including phenoxy) is 1. The minimum absolute atomic E-state index is 0.0407. The number of benzene rings is 1. The van der Waals surface area contributed by atoms with Crippen molar-refractivity contribution < 1.29 is 4.74 Å². The number of aromatic nitrogens is 1. The van der Waals surface area contributed by atoms with Crippen molar-refractivity contribution in [1.82, 2.24) is 4.98 Å². The minimum Gasteiger partial charge on any atom is -0.496 e. The lowest BCUT2D eigenvalue weighted by Gasteiger charge is -2.13. The van der Waals surface area contributed by atoms with Gasteiger partial charge in [0.15, 0.2) is 0 Å². The third-order valence-electron chi connectivity index (χ3n) is 2.96. The van der Waals surface area contributed by atoms with E-state index < -0.39 is 0 Å². The second-order valence-corrected chi connectivity index (χ2v) is 5.46. The number of hydrogen-bond acceptors (Lipinski definition) is 4. The summed E-state index contributed by atoms with van der Waals surface area (Å²) in [6, 6.07) is 6.07. The van der Waals surface area contributed by atoms with Gasteiger partial charge in [0.05, 0.1) is 17.8 Å². The molecule has 1 aromatic heterocycles. The van der Waals surface area contributed by atoms with Crippen molar-refractivity contribution in [3.05, 3.63) is 45.4 Å². The Labute approximate surface area is 112 Å². The molecule has 0 aliphatic rings. The van der Waals surface area contributed by atoms with Gasteiger partial charge in [0.1, 0.15) is 5.75 Å². The van der Waals surface area contributed by atoms with Gasteiger partial charge in [0.2, 0.25) is 0 Å². The second kappa shape index (κ2) is 5.50. The van der Waals surface area contributed by atoms with E-state index in [-0.39, 0.29) is 6.04 Å². The summed E-state index contributed by atoms with van der Waals surface area (Å²) < 4.78 is 5.32. The Hall–Kier alpha value is -1.39. The second-order valence-electron chi connectivity index (χ2n) is 4.40. The molecule has 0 fully saturated rings. The van der Waals surface area contributed by atoms with Gasteiger partial charge in [-0.3, -0.25) is 0 Å². The molecule has 1 heterocycles. The SMILES string of the molecule is COc1cc(C(N)Cc2csc(C)n2)ccc1C. The molecule has 1 aromatic carbocycles. The van der Waals surface area contributed by atoms with Crippen molar-refractivity contribution in [2.75, 3.05) is 7.11 Å². The highest BCUT2D eigenvalue weighted by molar-refractivity contribution is 7.09. The van der Waals surface area contributed by atoms with Gasteiger partial charge < -0.3 is 10.5 Å². The summed E-state index contributed by atoms with van der Waals surface area (Å²) in [5, 5.41) is 3.15. The monoisotopic (exact) mass is 262 g/mol. The van der Waals surface area contributed by atoms with Gasteiger partial charge in [0, 0.05) is 17.8 Å². The van der Waals surface area contributed by atoms with Crippen LogP contribution in [-0.2, 0) is 6.42 Å². The summed E-state index contributed by atoms with van der Waals surface area (Å²) in [6.45, 7) is 4.03. The molecule has 0 spiro atoms. The molecule has 0 saturated heterocycles. The number of aryl methyl sites for hydroxylation is 2. The predicted octanol–water partition coefficient (Wildman–Crippen LogP) is 3.01. The number of thiazole rings is 1. The average molecular weight is 262 g/mol. The van der Waals surface area contributed by atoms with E-state index >= 15 is 0 Å². The van der Waals surface area contributed by atoms with Crippen LogP contribution in [0.15, 0.2) is 23.6 Å². The van der Waals surface area contributed by atoms with Crippen molar-refractivity contribution in [2.45, 2.75) is 26.3 Å². The van der Waals surface area contributed by atoms with E-state index in [0.29, 0.717) is 0 Å². The smallest absolute Gasteiger partial charge is 0.122 e. The maximum Gasteiger partial charge on any atom is 0.122 e. The number of hydrogen-bond donors (Lipinski definition) is 1. The molecule has 1 atom stereocenters. The molecule has 96 valence electrons. The molecule has 0 bridgehead atoms. The molecule has 0 aliphatic carbocycles. The van der Waals surface area contributed by atoms with E-state index in [0.717, 1.165) is 34.0 Å². The molecule has 1 unspecified atom stereocenters. The third kappa shape index (κ3) is 2.89. The van der Waals surface area contributed by atoms with Crippen LogP contribution in [0.1, 0.15) is 27.9 Å². The summed E-state index contributed by atoms with van der Waals surface area (Å²) in [4.78, 5) is 4.44. The maximum atomic E-state index is 6.22. The first-order valence-electron chi connectivity index (χ1n) is 5.91. The Morgan fingerprint density at radius 1 is 1.39 bits per heavy atom. The topological polar surface area (TPSA) is 48.1 Å². The van der Waals surface area contributed by atoms with Gasteiger partial charge in [-0.1, -0.05) is 12.1 Å². The number of nitrogens with two attached hydrogens (primary N) is 1. The van der Waals surface area contributed by atoms with Crippen LogP contribution in [0.3, 0.4) is 0 Å². The average Bonchev–Trinajstić information content (AvgIpc) is 2.75. The summed E-state index contributed by atoms with van der Waals surface area (Å²) >= 11 is 1.66. The molecule has 0 radical (unpaired) electrons. The zero-order valence-corrected chi connectivity index (χ0v) is 11.8. The highest BCUT2D eigenvalue weighted by Crippen LogP contribution is 2.24. The van der Waals surface area contributed by atoms with E-state index in [4.69, 9.17) is 10.5 Å². The van der Waals surface area contributed by atoms with Gasteiger partial charge in [-0.15, -0.1) is 11.3 Å². The fourth-order valence-electron chi connectivity index (χ4n) is 1.91. The van der Waals surface area contributed by atoms with Crippen molar-refractivity contribution in [3.8, 4) is 5.75 Å². The Balaban J connectivity index is 2.15. The normalized spacial score (nSPS) is 12.4. The van der Waals surface area contributed by atoms with E-state index in [1.165, 1.54) is 0 Å². The van der Waals surface area contributed by atoms with Crippen molar-refractivity contribution in [1.29, 1.82) is 0 Å². The van der Waals surface area contributed by atoms with Crippen LogP contribution in [0.5, 0.6) is 5.75 Å². The molecule has 0 amide bonds. The summed E-state index contributed by atoms with van der Waals surface area (Å²) in [6.07, 6.45) is 0.760. The van der Waals surface area contributed by atoms with Crippen LogP contribution in [0.4, 0.5) is 0 Å². The highest BCUT2D eigenvalue weighted by atomic mass is 32.1. The molecule has 18 heavy (non-hydrogen) atoms. The van der Waals surface area contributed by atoms with Crippen LogP contribution in [0.2, 0.25) is 0 Å². The maximum absolute atomic E-state index is 6.22. The summed E-state index contributed by atoms with van der Waals surface area (Å²) in [7, 11) is 1.68. The van der Waals surface area contributed by atoms with E-state index in [9.17, 15) is 0 Å². The van der Waals surface area contributed by atoms with E-state index in [1.54, 1.807) is 18.4 Å². The van der Waals surface area contributed by atoms with Gasteiger partial charge in [-0.2, -0.15) is 0 Å². The van der Waals surface area contributed by atoms with Crippen LogP contribution in [-0.4, -0.2) is 12.1 Å². The summed E-state index contributed by atoms with van der Waals surface area (Å²) in [5.41, 5.74) is 9.49.